The fourth-order valence-corrected chi connectivity index (χ4v) is 4.16. The van der Waals surface area contributed by atoms with Gasteiger partial charge in [0.2, 0.25) is 0 Å². The van der Waals surface area contributed by atoms with E-state index in [1.807, 2.05) is 17.5 Å². The van der Waals surface area contributed by atoms with Crippen LogP contribution >= 0.6 is 22.7 Å². The van der Waals surface area contributed by atoms with E-state index >= 15 is 0 Å². The fraction of sp³-hybridized carbons (Fsp3) is 0.333. The Morgan fingerprint density at radius 2 is 2.18 bits per heavy atom. The lowest BCUT2D eigenvalue weighted by molar-refractivity contribution is -0.00487. The van der Waals surface area contributed by atoms with E-state index in [0.717, 1.165) is 21.7 Å². The van der Waals surface area contributed by atoms with E-state index in [9.17, 15) is 8.78 Å². The van der Waals surface area contributed by atoms with Crippen molar-refractivity contribution < 1.29 is 8.78 Å². The molecule has 0 aliphatic heterocycles. The van der Waals surface area contributed by atoms with Gasteiger partial charge in [-0.25, -0.2) is 8.78 Å². The number of anilines is 1. The van der Waals surface area contributed by atoms with Crippen molar-refractivity contribution in [3.63, 3.8) is 0 Å². The fourth-order valence-electron chi connectivity index (χ4n) is 2.24. The summed E-state index contributed by atoms with van der Waals surface area (Å²) in [6.45, 7) is 3.83. The molecule has 0 fully saturated rings. The van der Waals surface area contributed by atoms with Gasteiger partial charge < -0.3 is 5.32 Å². The molecule has 0 aliphatic rings. The second kappa shape index (κ2) is 5.89. The maximum atomic E-state index is 14.1. The van der Waals surface area contributed by atoms with Crippen molar-refractivity contribution in [2.45, 2.75) is 32.7 Å². The van der Waals surface area contributed by atoms with Crippen LogP contribution in [0.2, 0.25) is 0 Å². The summed E-state index contributed by atoms with van der Waals surface area (Å²) in [5, 5.41) is 13.3. The number of fused-ring (bicyclic) bond motifs is 1. The molecule has 0 radical (unpaired) electrons. The Labute approximate surface area is 135 Å². The zero-order valence-corrected chi connectivity index (χ0v) is 13.8. The van der Waals surface area contributed by atoms with E-state index in [1.165, 1.54) is 11.8 Å². The van der Waals surface area contributed by atoms with Gasteiger partial charge in [0.05, 0.1) is 21.5 Å². The summed E-state index contributed by atoms with van der Waals surface area (Å²) in [5.74, 6) is -2.82. The van der Waals surface area contributed by atoms with Crippen molar-refractivity contribution in [2.24, 2.45) is 0 Å². The quantitative estimate of drug-likeness (QED) is 0.696. The average Bonchev–Trinajstić information content (AvgIpc) is 3.14. The summed E-state index contributed by atoms with van der Waals surface area (Å²) in [7, 11) is 0. The second-order valence-electron chi connectivity index (χ2n) is 4.98. The highest BCUT2D eigenvalue weighted by molar-refractivity contribution is 7.20. The summed E-state index contributed by atoms with van der Waals surface area (Å²) in [6, 6.07) is 4.01. The average molecular weight is 339 g/mol. The van der Waals surface area contributed by atoms with Gasteiger partial charge in [-0.2, -0.15) is 5.10 Å². The summed E-state index contributed by atoms with van der Waals surface area (Å²) in [6.07, 6.45) is 1.38. The van der Waals surface area contributed by atoms with E-state index in [1.54, 1.807) is 24.5 Å². The molecule has 0 amide bonds. The molecule has 3 aromatic rings. The van der Waals surface area contributed by atoms with Gasteiger partial charge in [-0.15, -0.1) is 27.8 Å². The molecule has 3 nitrogen and oxygen atoms in total. The zero-order chi connectivity index (χ0) is 15.7. The van der Waals surface area contributed by atoms with Crippen LogP contribution in [0.4, 0.5) is 14.5 Å². The molecule has 0 bridgehead atoms. The number of thiophene rings is 2. The van der Waals surface area contributed by atoms with Crippen LogP contribution < -0.4 is 5.32 Å². The van der Waals surface area contributed by atoms with Crippen LogP contribution in [-0.4, -0.2) is 10.2 Å². The number of nitrogens with one attached hydrogen (secondary N) is 1. The number of hydrogen-bond donors (Lipinski definition) is 1. The third kappa shape index (κ3) is 2.70. The maximum Gasteiger partial charge on any atom is 0.282 e. The maximum absolute atomic E-state index is 14.1. The summed E-state index contributed by atoms with van der Waals surface area (Å²) in [4.78, 5) is 1.27. The van der Waals surface area contributed by atoms with Gasteiger partial charge in [-0.1, -0.05) is 13.0 Å². The van der Waals surface area contributed by atoms with Crippen LogP contribution in [0.3, 0.4) is 0 Å². The molecular weight excluding hydrogens is 324 g/mol. The monoisotopic (exact) mass is 339 g/mol. The van der Waals surface area contributed by atoms with Crippen molar-refractivity contribution in [1.29, 1.82) is 0 Å². The molecule has 0 atom stereocenters. The Morgan fingerprint density at radius 3 is 2.86 bits per heavy atom. The van der Waals surface area contributed by atoms with Crippen LogP contribution in [0.1, 0.15) is 28.7 Å². The molecule has 7 heteroatoms. The third-order valence-electron chi connectivity index (χ3n) is 3.51. The third-order valence-corrected chi connectivity index (χ3v) is 5.82. The Balaban J connectivity index is 1.99. The standard InChI is InChI=1S/C15H15F2N3S2/c1-3-15(16,17)14-9(2)12-13(22-14)11(8-19-20-12)18-7-10-5-4-6-21-10/h4-6,8H,3,7H2,1-2H3,(H,18,20). The minimum atomic E-state index is -2.82. The first-order chi connectivity index (χ1) is 10.5. The van der Waals surface area contributed by atoms with Gasteiger partial charge in [0.25, 0.3) is 5.92 Å². The van der Waals surface area contributed by atoms with E-state index in [2.05, 4.69) is 15.5 Å². The van der Waals surface area contributed by atoms with Gasteiger partial charge in [-0.05, 0) is 23.9 Å². The van der Waals surface area contributed by atoms with Crippen LogP contribution in [-0.2, 0) is 12.5 Å². The van der Waals surface area contributed by atoms with Crippen molar-refractivity contribution in [3.05, 3.63) is 39.0 Å². The highest BCUT2D eigenvalue weighted by atomic mass is 32.1. The van der Waals surface area contributed by atoms with Crippen molar-refractivity contribution in [2.75, 3.05) is 5.32 Å². The smallest absolute Gasteiger partial charge is 0.282 e. The second-order valence-corrected chi connectivity index (χ2v) is 7.04. The molecule has 0 aliphatic carbocycles. The van der Waals surface area contributed by atoms with E-state index in [4.69, 9.17) is 0 Å². The van der Waals surface area contributed by atoms with E-state index in [0.29, 0.717) is 17.6 Å². The SMILES string of the molecule is CCC(F)(F)c1sc2c(NCc3cccs3)cnnc2c1C. The number of aromatic nitrogens is 2. The molecule has 0 saturated heterocycles. The molecular formula is C15H15F2N3S2. The van der Waals surface area contributed by atoms with Crippen molar-refractivity contribution in [3.8, 4) is 0 Å². The number of aryl methyl sites for hydroxylation is 1. The molecule has 3 rings (SSSR count). The molecule has 0 unspecified atom stereocenters. The molecule has 0 aromatic carbocycles. The van der Waals surface area contributed by atoms with Gasteiger partial charge >= 0.3 is 0 Å². The molecule has 0 spiro atoms. The molecule has 1 N–H and O–H groups in total. The van der Waals surface area contributed by atoms with Crippen LogP contribution in [0, 0.1) is 6.92 Å². The van der Waals surface area contributed by atoms with Gasteiger partial charge in [0.1, 0.15) is 5.52 Å². The Bertz CT molecular complexity index is 782. The highest BCUT2D eigenvalue weighted by Crippen LogP contribution is 2.43. The number of halogens is 2. The number of alkyl halides is 2. The Kier molecular flexibility index (Phi) is 4.10. The van der Waals surface area contributed by atoms with E-state index < -0.39 is 5.92 Å². The first kappa shape index (κ1) is 15.3. The summed E-state index contributed by atoms with van der Waals surface area (Å²) in [5.41, 5.74) is 1.84. The minimum absolute atomic E-state index is 0.0877. The number of rotatable bonds is 5. The van der Waals surface area contributed by atoms with Crippen molar-refractivity contribution >= 4 is 38.6 Å². The topological polar surface area (TPSA) is 37.8 Å². The van der Waals surface area contributed by atoms with E-state index in [-0.39, 0.29) is 11.3 Å². The molecule has 3 aromatic heterocycles. The number of hydrogen-bond acceptors (Lipinski definition) is 5. The Morgan fingerprint density at radius 1 is 1.36 bits per heavy atom. The Hall–Kier alpha value is -1.60. The molecule has 116 valence electrons. The normalized spacial score (nSPS) is 12.0. The summed E-state index contributed by atoms with van der Waals surface area (Å²) >= 11 is 2.76. The number of nitrogens with zero attached hydrogens (tertiary/aromatic N) is 2. The molecule has 3 heterocycles. The molecule has 22 heavy (non-hydrogen) atoms. The zero-order valence-electron chi connectivity index (χ0n) is 12.2. The highest BCUT2D eigenvalue weighted by Gasteiger charge is 2.34. The predicted molar refractivity (Wildman–Crippen MR) is 88.0 cm³/mol. The van der Waals surface area contributed by atoms with Gasteiger partial charge in [-0.3, -0.25) is 0 Å². The minimum Gasteiger partial charge on any atom is -0.378 e. The lowest BCUT2D eigenvalue weighted by Gasteiger charge is -2.12. The largest absolute Gasteiger partial charge is 0.378 e. The van der Waals surface area contributed by atoms with Crippen LogP contribution in [0.15, 0.2) is 23.7 Å². The lowest BCUT2D eigenvalue weighted by Crippen LogP contribution is -2.10. The van der Waals surface area contributed by atoms with Crippen LogP contribution in [0.25, 0.3) is 10.2 Å². The van der Waals surface area contributed by atoms with Gasteiger partial charge in [0, 0.05) is 17.8 Å². The predicted octanol–water partition coefficient (Wildman–Crippen LogP) is 5.18. The molecule has 0 saturated carbocycles. The first-order valence-electron chi connectivity index (χ1n) is 6.92. The first-order valence-corrected chi connectivity index (χ1v) is 8.62. The van der Waals surface area contributed by atoms with Crippen LogP contribution in [0.5, 0.6) is 0 Å². The summed E-state index contributed by atoms with van der Waals surface area (Å²) < 4.78 is 28.9. The lowest BCUT2D eigenvalue weighted by atomic mass is 10.1. The van der Waals surface area contributed by atoms with Crippen molar-refractivity contribution in [1.82, 2.24) is 10.2 Å². The van der Waals surface area contributed by atoms with Gasteiger partial charge in [0.15, 0.2) is 0 Å².